The fourth-order valence-corrected chi connectivity index (χ4v) is 2.96. The van der Waals surface area contributed by atoms with Gasteiger partial charge in [0.25, 0.3) is 0 Å². The Labute approximate surface area is 147 Å². The molecule has 2 aromatic carbocycles. The highest BCUT2D eigenvalue weighted by atomic mass is 16.5. The number of rotatable bonds is 7. The molecular formula is C19H24N2O4. The van der Waals surface area contributed by atoms with Gasteiger partial charge in [-0.15, -0.1) is 0 Å². The van der Waals surface area contributed by atoms with Crippen molar-refractivity contribution in [3.8, 4) is 23.0 Å². The standard InChI is InChI=1S/C19H24N2O4/c1-21(2)9-10-25-13-8-6-7-12-16-18(20-17(12)13)14(22-3)11-15(23-4)19(16)24-5/h6-8,11,20H,9-10H2,1-5H3. The van der Waals surface area contributed by atoms with Crippen molar-refractivity contribution < 1.29 is 18.9 Å². The van der Waals surface area contributed by atoms with Gasteiger partial charge >= 0.3 is 0 Å². The van der Waals surface area contributed by atoms with E-state index in [9.17, 15) is 0 Å². The first-order chi connectivity index (χ1) is 12.1. The monoisotopic (exact) mass is 344 g/mol. The average molecular weight is 344 g/mol. The van der Waals surface area contributed by atoms with Crippen LogP contribution in [-0.2, 0) is 0 Å². The van der Waals surface area contributed by atoms with E-state index in [1.54, 1.807) is 21.3 Å². The van der Waals surface area contributed by atoms with Gasteiger partial charge < -0.3 is 28.8 Å². The minimum absolute atomic E-state index is 0.610. The second-order valence-electron chi connectivity index (χ2n) is 6.02. The second-order valence-corrected chi connectivity index (χ2v) is 6.02. The minimum Gasteiger partial charge on any atom is -0.494 e. The molecule has 25 heavy (non-hydrogen) atoms. The van der Waals surface area contributed by atoms with Gasteiger partial charge in [0.2, 0.25) is 0 Å². The van der Waals surface area contributed by atoms with Crippen molar-refractivity contribution in [2.75, 3.05) is 48.6 Å². The Bertz CT molecular complexity index is 886. The summed E-state index contributed by atoms with van der Waals surface area (Å²) >= 11 is 0. The summed E-state index contributed by atoms with van der Waals surface area (Å²) in [6.07, 6.45) is 0. The lowest BCUT2D eigenvalue weighted by molar-refractivity contribution is 0.263. The number of fused-ring (bicyclic) bond motifs is 3. The van der Waals surface area contributed by atoms with Crippen molar-refractivity contribution in [1.29, 1.82) is 0 Å². The fraction of sp³-hybridized carbons (Fsp3) is 0.368. The number of nitrogens with one attached hydrogen (secondary N) is 1. The number of ether oxygens (including phenoxy) is 4. The Morgan fingerprint density at radius 3 is 2.32 bits per heavy atom. The second kappa shape index (κ2) is 7.11. The number of nitrogens with zero attached hydrogens (tertiary/aromatic N) is 1. The molecule has 1 aromatic heterocycles. The first-order valence-corrected chi connectivity index (χ1v) is 8.11. The summed E-state index contributed by atoms with van der Waals surface area (Å²) in [5.41, 5.74) is 1.78. The van der Waals surface area contributed by atoms with E-state index in [-0.39, 0.29) is 0 Å². The van der Waals surface area contributed by atoms with Crippen LogP contribution in [0.2, 0.25) is 0 Å². The van der Waals surface area contributed by atoms with Gasteiger partial charge in [0.15, 0.2) is 11.5 Å². The summed E-state index contributed by atoms with van der Waals surface area (Å²) in [4.78, 5) is 5.52. The molecule has 6 nitrogen and oxygen atoms in total. The van der Waals surface area contributed by atoms with Gasteiger partial charge in [-0.2, -0.15) is 0 Å². The molecule has 0 amide bonds. The highest BCUT2D eigenvalue weighted by Crippen LogP contribution is 2.46. The van der Waals surface area contributed by atoms with Gasteiger partial charge in [-0.25, -0.2) is 0 Å². The van der Waals surface area contributed by atoms with Crippen LogP contribution in [0.5, 0.6) is 23.0 Å². The summed E-state index contributed by atoms with van der Waals surface area (Å²) in [6, 6.07) is 7.80. The summed E-state index contributed by atoms with van der Waals surface area (Å²) in [5.74, 6) is 2.81. The van der Waals surface area contributed by atoms with Crippen LogP contribution in [-0.4, -0.2) is 58.5 Å². The molecule has 134 valence electrons. The van der Waals surface area contributed by atoms with Gasteiger partial charge in [0.1, 0.15) is 18.1 Å². The number of benzene rings is 2. The molecule has 0 saturated carbocycles. The maximum absolute atomic E-state index is 5.98. The summed E-state index contributed by atoms with van der Waals surface area (Å²) in [7, 11) is 8.94. The molecule has 0 spiro atoms. The maximum atomic E-state index is 5.98. The van der Waals surface area contributed by atoms with Crippen LogP contribution in [0.3, 0.4) is 0 Å². The third kappa shape index (κ3) is 3.05. The summed E-state index contributed by atoms with van der Waals surface area (Å²) in [5, 5.41) is 1.93. The Hall–Kier alpha value is -2.60. The van der Waals surface area contributed by atoms with Crippen LogP contribution < -0.4 is 18.9 Å². The van der Waals surface area contributed by atoms with Gasteiger partial charge in [-0.05, 0) is 20.2 Å². The van der Waals surface area contributed by atoms with Crippen molar-refractivity contribution in [2.45, 2.75) is 0 Å². The molecular weight excluding hydrogens is 320 g/mol. The number of aromatic nitrogens is 1. The number of hydrogen-bond donors (Lipinski definition) is 1. The zero-order valence-electron chi connectivity index (χ0n) is 15.3. The van der Waals surface area contributed by atoms with E-state index in [0.717, 1.165) is 34.1 Å². The van der Waals surface area contributed by atoms with E-state index in [1.165, 1.54) is 0 Å². The molecule has 0 saturated heterocycles. The van der Waals surface area contributed by atoms with Gasteiger partial charge in [0, 0.05) is 18.0 Å². The summed E-state index contributed by atoms with van der Waals surface area (Å²) in [6.45, 7) is 1.45. The molecule has 0 aliphatic carbocycles. The Morgan fingerprint density at radius 2 is 1.68 bits per heavy atom. The van der Waals surface area contributed by atoms with Crippen molar-refractivity contribution in [1.82, 2.24) is 9.88 Å². The zero-order valence-corrected chi connectivity index (χ0v) is 15.3. The first-order valence-electron chi connectivity index (χ1n) is 8.11. The Morgan fingerprint density at radius 1 is 0.920 bits per heavy atom. The lowest BCUT2D eigenvalue weighted by Crippen LogP contribution is -2.19. The van der Waals surface area contributed by atoms with Crippen molar-refractivity contribution in [2.24, 2.45) is 0 Å². The van der Waals surface area contributed by atoms with E-state index >= 15 is 0 Å². The van der Waals surface area contributed by atoms with E-state index in [1.807, 2.05) is 38.4 Å². The molecule has 1 N–H and O–H groups in total. The van der Waals surface area contributed by atoms with Gasteiger partial charge in [-0.1, -0.05) is 12.1 Å². The van der Waals surface area contributed by atoms with Gasteiger partial charge in [-0.3, -0.25) is 0 Å². The average Bonchev–Trinajstić information content (AvgIpc) is 3.00. The predicted molar refractivity (Wildman–Crippen MR) is 99.5 cm³/mol. The van der Waals surface area contributed by atoms with Crippen LogP contribution in [0.1, 0.15) is 0 Å². The van der Waals surface area contributed by atoms with E-state index < -0.39 is 0 Å². The third-order valence-electron chi connectivity index (χ3n) is 4.20. The van der Waals surface area contributed by atoms with Crippen LogP contribution in [0.25, 0.3) is 21.8 Å². The molecule has 0 aliphatic heterocycles. The molecule has 0 atom stereocenters. The topological polar surface area (TPSA) is 56.0 Å². The number of para-hydroxylation sites is 1. The largest absolute Gasteiger partial charge is 0.494 e. The lowest BCUT2D eigenvalue weighted by Gasteiger charge is -2.12. The highest BCUT2D eigenvalue weighted by Gasteiger charge is 2.20. The molecule has 3 aromatic rings. The van der Waals surface area contributed by atoms with E-state index in [0.29, 0.717) is 23.9 Å². The van der Waals surface area contributed by atoms with Crippen molar-refractivity contribution >= 4 is 21.8 Å². The number of likely N-dealkylation sites (N-methyl/N-ethyl adjacent to an activating group) is 1. The molecule has 0 fully saturated rings. The first kappa shape index (κ1) is 17.2. The van der Waals surface area contributed by atoms with Crippen LogP contribution >= 0.6 is 0 Å². The van der Waals surface area contributed by atoms with Crippen LogP contribution in [0.15, 0.2) is 24.3 Å². The summed E-state index contributed by atoms with van der Waals surface area (Å²) < 4.78 is 22.6. The predicted octanol–water partition coefficient (Wildman–Crippen LogP) is 3.29. The molecule has 6 heteroatoms. The van der Waals surface area contributed by atoms with Crippen LogP contribution in [0.4, 0.5) is 0 Å². The molecule has 1 heterocycles. The smallest absolute Gasteiger partial charge is 0.170 e. The molecule has 0 aliphatic rings. The Balaban J connectivity index is 2.21. The van der Waals surface area contributed by atoms with Gasteiger partial charge in [0.05, 0.1) is 37.7 Å². The molecule has 0 unspecified atom stereocenters. The quantitative estimate of drug-likeness (QED) is 0.713. The number of H-pyrrole nitrogens is 1. The fourth-order valence-electron chi connectivity index (χ4n) is 2.96. The molecule has 0 bridgehead atoms. The van der Waals surface area contributed by atoms with E-state index in [4.69, 9.17) is 18.9 Å². The molecule has 0 radical (unpaired) electrons. The third-order valence-corrected chi connectivity index (χ3v) is 4.20. The molecule has 3 rings (SSSR count). The number of aromatic amines is 1. The number of methoxy groups -OCH3 is 3. The SMILES string of the molecule is COc1cc(OC)c2[nH]c3c(OCCN(C)C)cccc3c2c1OC. The minimum atomic E-state index is 0.610. The van der Waals surface area contributed by atoms with Crippen molar-refractivity contribution in [3.63, 3.8) is 0 Å². The van der Waals surface area contributed by atoms with Crippen molar-refractivity contribution in [3.05, 3.63) is 24.3 Å². The zero-order chi connectivity index (χ0) is 18.0. The van der Waals surface area contributed by atoms with E-state index in [2.05, 4.69) is 9.88 Å². The normalized spacial score (nSPS) is 11.3. The number of hydrogen-bond acceptors (Lipinski definition) is 5. The highest BCUT2D eigenvalue weighted by molar-refractivity contribution is 6.14. The maximum Gasteiger partial charge on any atom is 0.170 e. The van der Waals surface area contributed by atoms with Crippen LogP contribution in [0, 0.1) is 0 Å². The Kier molecular flexibility index (Phi) is 4.90. The lowest BCUT2D eigenvalue weighted by atomic mass is 10.1.